The van der Waals surface area contributed by atoms with Crippen molar-refractivity contribution in [3.63, 3.8) is 0 Å². The minimum Gasteiger partial charge on any atom is -0.293 e. The molecule has 128 valence electrons. The summed E-state index contributed by atoms with van der Waals surface area (Å²) in [5.41, 5.74) is 3.93. The van der Waals surface area contributed by atoms with Crippen LogP contribution >= 0.6 is 11.8 Å². The molecule has 1 heterocycles. The van der Waals surface area contributed by atoms with Gasteiger partial charge in [-0.15, -0.1) is 5.10 Å². The van der Waals surface area contributed by atoms with Gasteiger partial charge in [-0.1, -0.05) is 61.2 Å². The van der Waals surface area contributed by atoms with Crippen molar-refractivity contribution >= 4 is 17.5 Å². The van der Waals surface area contributed by atoms with E-state index in [0.717, 1.165) is 17.7 Å². The van der Waals surface area contributed by atoms with E-state index in [-0.39, 0.29) is 11.0 Å². The van der Waals surface area contributed by atoms with Crippen molar-refractivity contribution in [2.24, 2.45) is 0 Å². The fourth-order valence-corrected chi connectivity index (χ4v) is 3.43. The number of para-hydroxylation sites is 1. The van der Waals surface area contributed by atoms with Crippen molar-refractivity contribution in [3.05, 3.63) is 65.2 Å². The van der Waals surface area contributed by atoms with Crippen LogP contribution in [0.4, 0.5) is 0 Å². The number of thioether (sulfide) groups is 1. The smallest absolute Gasteiger partial charge is 0.214 e. The lowest BCUT2D eigenvalue weighted by molar-refractivity contribution is 0.0994. The van der Waals surface area contributed by atoms with Gasteiger partial charge in [-0.3, -0.25) is 4.79 Å². The quantitative estimate of drug-likeness (QED) is 0.497. The molecule has 0 fully saturated rings. The third-order valence-corrected chi connectivity index (χ3v) is 5.12. The number of carbonyl (C=O) groups excluding carboxylic acids is 1. The number of hydrogen-bond acceptors (Lipinski definition) is 5. The van der Waals surface area contributed by atoms with E-state index >= 15 is 0 Å². The molecule has 0 aliphatic heterocycles. The molecule has 1 atom stereocenters. The van der Waals surface area contributed by atoms with Crippen LogP contribution < -0.4 is 0 Å². The second kappa shape index (κ2) is 7.61. The summed E-state index contributed by atoms with van der Waals surface area (Å²) in [5.74, 6) is 0.0759. The van der Waals surface area contributed by atoms with Crippen molar-refractivity contribution < 1.29 is 4.79 Å². The predicted octanol–water partition coefficient (Wildman–Crippen LogP) is 3.90. The van der Waals surface area contributed by atoms with E-state index < -0.39 is 0 Å². The lowest BCUT2D eigenvalue weighted by Gasteiger charge is -2.11. The Morgan fingerprint density at radius 3 is 2.56 bits per heavy atom. The van der Waals surface area contributed by atoms with Gasteiger partial charge in [0.2, 0.25) is 5.16 Å². The average Bonchev–Trinajstić information content (AvgIpc) is 3.09. The van der Waals surface area contributed by atoms with Crippen LogP contribution in [-0.4, -0.2) is 31.2 Å². The minimum absolute atomic E-state index is 0.0759. The molecule has 0 radical (unpaired) electrons. The first-order chi connectivity index (χ1) is 12.1. The maximum absolute atomic E-state index is 12.7. The number of rotatable bonds is 6. The first kappa shape index (κ1) is 17.4. The van der Waals surface area contributed by atoms with E-state index in [4.69, 9.17) is 0 Å². The molecule has 25 heavy (non-hydrogen) atoms. The van der Waals surface area contributed by atoms with Crippen molar-refractivity contribution in [3.8, 4) is 5.69 Å². The first-order valence-corrected chi connectivity index (χ1v) is 9.12. The second-order valence-corrected chi connectivity index (χ2v) is 7.14. The van der Waals surface area contributed by atoms with Crippen molar-refractivity contribution in [2.45, 2.75) is 37.6 Å². The Balaban J connectivity index is 1.79. The van der Waals surface area contributed by atoms with Gasteiger partial charge in [0, 0.05) is 5.56 Å². The highest BCUT2D eigenvalue weighted by molar-refractivity contribution is 8.00. The summed E-state index contributed by atoms with van der Waals surface area (Å²) in [6.07, 6.45) is 0.962. The lowest BCUT2D eigenvalue weighted by Crippen LogP contribution is -2.15. The second-order valence-electron chi connectivity index (χ2n) is 5.83. The van der Waals surface area contributed by atoms with Crippen molar-refractivity contribution in [2.75, 3.05) is 0 Å². The summed E-state index contributed by atoms with van der Waals surface area (Å²) < 4.78 is 1.68. The normalized spacial score (nSPS) is 12.1. The standard InChI is InChI=1S/C19H20N4OS/c1-4-15-9-11-16(12-10-15)18(24)14(3)25-19-20-21-22-23(19)17-8-6-5-7-13(17)2/h5-12,14H,4H2,1-3H3. The van der Waals surface area contributed by atoms with Gasteiger partial charge in [0.05, 0.1) is 10.9 Å². The summed E-state index contributed by atoms with van der Waals surface area (Å²) in [7, 11) is 0. The highest BCUT2D eigenvalue weighted by Gasteiger charge is 2.21. The third-order valence-electron chi connectivity index (χ3n) is 4.08. The Morgan fingerprint density at radius 2 is 1.88 bits per heavy atom. The van der Waals surface area contributed by atoms with E-state index in [0.29, 0.717) is 10.7 Å². The van der Waals surface area contributed by atoms with Crippen LogP contribution in [0, 0.1) is 6.92 Å². The Hall–Kier alpha value is -2.47. The zero-order valence-electron chi connectivity index (χ0n) is 14.5. The van der Waals surface area contributed by atoms with Crippen LogP contribution in [-0.2, 0) is 6.42 Å². The lowest BCUT2D eigenvalue weighted by atomic mass is 10.1. The highest BCUT2D eigenvalue weighted by Crippen LogP contribution is 2.26. The minimum atomic E-state index is -0.277. The highest BCUT2D eigenvalue weighted by atomic mass is 32.2. The Labute approximate surface area is 151 Å². The van der Waals surface area contributed by atoms with Crippen LogP contribution in [0.2, 0.25) is 0 Å². The van der Waals surface area contributed by atoms with Crippen molar-refractivity contribution in [1.82, 2.24) is 20.2 Å². The molecule has 1 aromatic heterocycles. The largest absolute Gasteiger partial charge is 0.293 e. The molecule has 0 bridgehead atoms. The molecule has 6 heteroatoms. The van der Waals surface area contributed by atoms with E-state index in [1.165, 1.54) is 17.3 Å². The van der Waals surface area contributed by atoms with Crippen LogP contribution in [0.3, 0.4) is 0 Å². The van der Waals surface area contributed by atoms with Gasteiger partial charge >= 0.3 is 0 Å². The topological polar surface area (TPSA) is 60.7 Å². The van der Waals surface area contributed by atoms with Crippen molar-refractivity contribution in [1.29, 1.82) is 0 Å². The molecule has 5 nitrogen and oxygen atoms in total. The number of nitrogens with zero attached hydrogens (tertiary/aromatic N) is 4. The summed E-state index contributed by atoms with van der Waals surface area (Å²) in [6.45, 7) is 5.99. The Bertz CT molecular complexity index is 873. The van der Waals surface area contributed by atoms with Crippen LogP contribution in [0.1, 0.15) is 35.3 Å². The molecule has 2 aromatic carbocycles. The number of carbonyl (C=O) groups is 1. The molecule has 3 aromatic rings. The number of hydrogen-bond donors (Lipinski definition) is 0. The number of tetrazole rings is 1. The summed E-state index contributed by atoms with van der Waals surface area (Å²) in [4.78, 5) is 12.7. The number of aromatic nitrogens is 4. The molecule has 3 rings (SSSR count). The summed E-state index contributed by atoms with van der Waals surface area (Å²) in [6, 6.07) is 15.7. The molecule has 0 aliphatic rings. The van der Waals surface area contributed by atoms with Gasteiger partial charge in [-0.2, -0.15) is 4.68 Å². The molecule has 0 saturated carbocycles. The molecule has 0 aliphatic carbocycles. The Morgan fingerprint density at radius 1 is 1.16 bits per heavy atom. The van der Waals surface area contributed by atoms with Crippen LogP contribution in [0.15, 0.2) is 53.7 Å². The molecule has 0 N–H and O–H groups in total. The fourth-order valence-electron chi connectivity index (χ4n) is 2.56. The monoisotopic (exact) mass is 352 g/mol. The molecular weight excluding hydrogens is 332 g/mol. The predicted molar refractivity (Wildman–Crippen MR) is 99.4 cm³/mol. The zero-order valence-corrected chi connectivity index (χ0v) is 15.3. The third kappa shape index (κ3) is 3.79. The molecule has 0 saturated heterocycles. The number of Topliss-reactive ketones (excluding diaryl/α,β-unsaturated/α-hetero) is 1. The van der Waals surface area contributed by atoms with Gasteiger partial charge in [0.25, 0.3) is 0 Å². The summed E-state index contributed by atoms with van der Waals surface area (Å²) in [5, 5.41) is 12.3. The Kier molecular flexibility index (Phi) is 5.28. The van der Waals surface area contributed by atoms with Crippen LogP contribution in [0.25, 0.3) is 5.69 Å². The fraction of sp³-hybridized carbons (Fsp3) is 0.263. The van der Waals surface area contributed by atoms with E-state index in [1.807, 2.05) is 62.4 Å². The molecule has 0 spiro atoms. The van der Waals surface area contributed by atoms with E-state index in [2.05, 4.69) is 22.4 Å². The van der Waals surface area contributed by atoms with E-state index in [9.17, 15) is 4.79 Å². The molecule has 0 amide bonds. The van der Waals surface area contributed by atoms with E-state index in [1.54, 1.807) is 4.68 Å². The first-order valence-electron chi connectivity index (χ1n) is 8.24. The zero-order chi connectivity index (χ0) is 17.8. The van der Waals surface area contributed by atoms with Crippen LogP contribution in [0.5, 0.6) is 0 Å². The average molecular weight is 352 g/mol. The SMILES string of the molecule is CCc1ccc(C(=O)C(C)Sc2nnnn2-c2ccccc2C)cc1. The van der Waals surface area contributed by atoms with Gasteiger partial charge in [0.1, 0.15) is 0 Å². The number of aryl methyl sites for hydroxylation is 2. The maximum atomic E-state index is 12.7. The number of benzene rings is 2. The summed E-state index contributed by atoms with van der Waals surface area (Å²) >= 11 is 1.37. The number of ketones is 1. The molecular formula is C19H20N4OS. The van der Waals surface area contributed by atoms with Gasteiger partial charge in [0.15, 0.2) is 5.78 Å². The van der Waals surface area contributed by atoms with Gasteiger partial charge in [-0.25, -0.2) is 0 Å². The maximum Gasteiger partial charge on any atom is 0.214 e. The van der Waals surface area contributed by atoms with Gasteiger partial charge < -0.3 is 0 Å². The molecule has 1 unspecified atom stereocenters. The van der Waals surface area contributed by atoms with Gasteiger partial charge in [-0.05, 0) is 47.9 Å².